The number of carbonyl (C=O) groups is 1. The molecule has 1 N–H and O–H groups in total. The van der Waals surface area contributed by atoms with Crippen molar-refractivity contribution in [3.63, 3.8) is 0 Å². The molecule has 0 saturated heterocycles. The summed E-state index contributed by atoms with van der Waals surface area (Å²) in [4.78, 5) is 11.7. The second-order valence-corrected chi connectivity index (χ2v) is 4.75. The maximum atomic E-state index is 11.7. The molecule has 4 heteroatoms. The molecule has 0 aliphatic carbocycles. The fourth-order valence-corrected chi connectivity index (χ4v) is 1.80. The van der Waals surface area contributed by atoms with Crippen LogP contribution in [0.15, 0.2) is 54.6 Å². The Hall–Kier alpha value is -2.00. The average Bonchev–Trinajstić information content (AvgIpc) is 2.48. The van der Waals surface area contributed by atoms with Crippen molar-refractivity contribution in [2.45, 2.75) is 13.0 Å². The number of hydrogen-bond donors (Lipinski definition) is 1. The molecular formula is C16H16ClNO2. The van der Waals surface area contributed by atoms with Crippen LogP contribution in [0, 0.1) is 0 Å². The Morgan fingerprint density at radius 2 is 1.75 bits per heavy atom. The molecule has 104 valence electrons. The highest BCUT2D eigenvalue weighted by molar-refractivity contribution is 6.30. The molecule has 0 atom stereocenters. The Kier molecular flexibility index (Phi) is 5.44. The van der Waals surface area contributed by atoms with Gasteiger partial charge in [0, 0.05) is 11.6 Å². The van der Waals surface area contributed by atoms with Crippen LogP contribution in [-0.2, 0) is 11.3 Å². The smallest absolute Gasteiger partial charge is 0.223 e. The van der Waals surface area contributed by atoms with Crippen LogP contribution in [0.2, 0.25) is 5.02 Å². The number of amides is 1. The first-order valence-corrected chi connectivity index (χ1v) is 6.81. The Labute approximate surface area is 123 Å². The lowest BCUT2D eigenvalue weighted by atomic mass is 10.2. The highest BCUT2D eigenvalue weighted by Crippen LogP contribution is 2.10. The summed E-state index contributed by atoms with van der Waals surface area (Å²) in [5, 5.41) is 3.53. The molecule has 0 aliphatic rings. The minimum absolute atomic E-state index is 0.0316. The van der Waals surface area contributed by atoms with Crippen molar-refractivity contribution in [1.29, 1.82) is 0 Å². The van der Waals surface area contributed by atoms with Gasteiger partial charge in [-0.15, -0.1) is 0 Å². The standard InChI is InChI=1S/C16H16ClNO2/c17-14-8-6-13(7-9-14)12-18-16(19)10-11-20-15-4-2-1-3-5-15/h1-9H,10-12H2,(H,18,19). The van der Waals surface area contributed by atoms with Gasteiger partial charge in [0.05, 0.1) is 13.0 Å². The van der Waals surface area contributed by atoms with E-state index in [9.17, 15) is 4.79 Å². The van der Waals surface area contributed by atoms with Crippen LogP contribution in [0.4, 0.5) is 0 Å². The third-order valence-corrected chi connectivity index (χ3v) is 3.00. The van der Waals surface area contributed by atoms with Gasteiger partial charge < -0.3 is 10.1 Å². The minimum atomic E-state index is -0.0316. The lowest BCUT2D eigenvalue weighted by Crippen LogP contribution is -2.24. The van der Waals surface area contributed by atoms with Gasteiger partial charge in [-0.1, -0.05) is 41.9 Å². The van der Waals surface area contributed by atoms with E-state index in [1.165, 1.54) is 0 Å². The number of para-hydroxylation sites is 1. The van der Waals surface area contributed by atoms with Crippen LogP contribution in [0.5, 0.6) is 5.75 Å². The molecule has 0 bridgehead atoms. The normalized spacial score (nSPS) is 10.1. The number of hydrogen-bond acceptors (Lipinski definition) is 2. The Bertz CT molecular complexity index is 540. The molecule has 0 radical (unpaired) electrons. The summed E-state index contributed by atoms with van der Waals surface area (Å²) in [6, 6.07) is 16.9. The van der Waals surface area contributed by atoms with Crippen LogP contribution in [-0.4, -0.2) is 12.5 Å². The number of carbonyl (C=O) groups excluding carboxylic acids is 1. The predicted octanol–water partition coefficient (Wildman–Crippen LogP) is 3.43. The lowest BCUT2D eigenvalue weighted by Gasteiger charge is -2.07. The van der Waals surface area contributed by atoms with E-state index in [0.29, 0.717) is 24.6 Å². The Balaban J connectivity index is 1.67. The molecule has 0 fully saturated rings. The summed E-state index contributed by atoms with van der Waals surface area (Å²) < 4.78 is 5.47. The fourth-order valence-electron chi connectivity index (χ4n) is 1.67. The second-order valence-electron chi connectivity index (χ2n) is 4.31. The van der Waals surface area contributed by atoms with E-state index in [1.807, 2.05) is 54.6 Å². The van der Waals surface area contributed by atoms with Crippen molar-refractivity contribution in [2.24, 2.45) is 0 Å². The van der Waals surface area contributed by atoms with Crippen molar-refractivity contribution < 1.29 is 9.53 Å². The van der Waals surface area contributed by atoms with Crippen molar-refractivity contribution in [3.8, 4) is 5.75 Å². The topological polar surface area (TPSA) is 38.3 Å². The van der Waals surface area contributed by atoms with Crippen LogP contribution < -0.4 is 10.1 Å². The molecule has 0 heterocycles. The molecule has 0 aromatic heterocycles. The lowest BCUT2D eigenvalue weighted by molar-refractivity contribution is -0.121. The summed E-state index contributed by atoms with van der Waals surface area (Å²) in [5.41, 5.74) is 1.02. The molecule has 20 heavy (non-hydrogen) atoms. The van der Waals surface area contributed by atoms with E-state index in [-0.39, 0.29) is 5.91 Å². The van der Waals surface area contributed by atoms with Crippen molar-refractivity contribution in [3.05, 3.63) is 65.2 Å². The van der Waals surface area contributed by atoms with Crippen LogP contribution in [0.3, 0.4) is 0 Å². The number of ether oxygens (including phenoxy) is 1. The third kappa shape index (κ3) is 4.94. The summed E-state index contributed by atoms with van der Waals surface area (Å²) in [6.45, 7) is 0.873. The first kappa shape index (κ1) is 14.4. The molecule has 0 spiro atoms. The number of rotatable bonds is 6. The van der Waals surface area contributed by atoms with Gasteiger partial charge in [0.15, 0.2) is 0 Å². The van der Waals surface area contributed by atoms with Gasteiger partial charge in [-0.3, -0.25) is 4.79 Å². The maximum absolute atomic E-state index is 11.7. The largest absolute Gasteiger partial charge is 0.493 e. The number of benzene rings is 2. The fraction of sp³-hybridized carbons (Fsp3) is 0.188. The molecule has 3 nitrogen and oxygen atoms in total. The van der Waals surface area contributed by atoms with Crippen LogP contribution in [0.1, 0.15) is 12.0 Å². The molecule has 2 rings (SSSR count). The first-order valence-electron chi connectivity index (χ1n) is 6.43. The summed E-state index contributed by atoms with van der Waals surface area (Å²) in [7, 11) is 0. The zero-order valence-corrected chi connectivity index (χ0v) is 11.8. The molecule has 0 unspecified atom stereocenters. The van der Waals surface area contributed by atoms with E-state index in [2.05, 4.69) is 5.32 Å². The Morgan fingerprint density at radius 3 is 2.45 bits per heavy atom. The van der Waals surface area contributed by atoms with Gasteiger partial charge in [0.25, 0.3) is 0 Å². The van der Waals surface area contributed by atoms with Gasteiger partial charge in [-0.05, 0) is 29.8 Å². The van der Waals surface area contributed by atoms with E-state index < -0.39 is 0 Å². The van der Waals surface area contributed by atoms with E-state index in [0.717, 1.165) is 11.3 Å². The zero-order valence-electron chi connectivity index (χ0n) is 11.0. The van der Waals surface area contributed by atoms with E-state index in [4.69, 9.17) is 16.3 Å². The van der Waals surface area contributed by atoms with Crippen LogP contribution >= 0.6 is 11.6 Å². The molecule has 2 aromatic carbocycles. The molecule has 0 saturated carbocycles. The SMILES string of the molecule is O=C(CCOc1ccccc1)NCc1ccc(Cl)cc1. The van der Waals surface area contributed by atoms with Crippen LogP contribution in [0.25, 0.3) is 0 Å². The summed E-state index contributed by atoms with van der Waals surface area (Å²) >= 11 is 5.80. The second kappa shape index (κ2) is 7.56. The first-order chi connectivity index (χ1) is 9.74. The molecule has 0 aliphatic heterocycles. The zero-order chi connectivity index (χ0) is 14.2. The number of nitrogens with one attached hydrogen (secondary N) is 1. The van der Waals surface area contributed by atoms with Crippen molar-refractivity contribution >= 4 is 17.5 Å². The summed E-state index contributed by atoms with van der Waals surface area (Å²) in [6.07, 6.45) is 0.336. The van der Waals surface area contributed by atoms with Gasteiger partial charge in [-0.25, -0.2) is 0 Å². The molecule has 2 aromatic rings. The highest BCUT2D eigenvalue weighted by atomic mass is 35.5. The maximum Gasteiger partial charge on any atom is 0.223 e. The molecular weight excluding hydrogens is 274 g/mol. The van der Waals surface area contributed by atoms with E-state index >= 15 is 0 Å². The Morgan fingerprint density at radius 1 is 1.05 bits per heavy atom. The van der Waals surface area contributed by atoms with Crippen molar-refractivity contribution in [1.82, 2.24) is 5.32 Å². The predicted molar refractivity (Wildman–Crippen MR) is 79.9 cm³/mol. The molecule has 1 amide bonds. The minimum Gasteiger partial charge on any atom is -0.493 e. The number of halogens is 1. The summed E-state index contributed by atoms with van der Waals surface area (Å²) in [5.74, 6) is 0.744. The third-order valence-electron chi connectivity index (χ3n) is 2.74. The highest BCUT2D eigenvalue weighted by Gasteiger charge is 2.02. The van der Waals surface area contributed by atoms with Gasteiger partial charge in [0.1, 0.15) is 5.75 Å². The quantitative estimate of drug-likeness (QED) is 0.885. The van der Waals surface area contributed by atoms with E-state index in [1.54, 1.807) is 0 Å². The average molecular weight is 290 g/mol. The van der Waals surface area contributed by atoms with Gasteiger partial charge in [0.2, 0.25) is 5.91 Å². The van der Waals surface area contributed by atoms with Crippen molar-refractivity contribution in [2.75, 3.05) is 6.61 Å². The van der Waals surface area contributed by atoms with Gasteiger partial charge >= 0.3 is 0 Å². The van der Waals surface area contributed by atoms with Gasteiger partial charge in [-0.2, -0.15) is 0 Å². The monoisotopic (exact) mass is 289 g/mol.